The minimum Gasteiger partial charge on any atom is -0.466 e. The van der Waals surface area contributed by atoms with Crippen molar-refractivity contribution in [3.63, 3.8) is 0 Å². The number of ether oxygens (including phenoxy) is 4. The van der Waals surface area contributed by atoms with Crippen molar-refractivity contribution in [3.8, 4) is 0 Å². The van der Waals surface area contributed by atoms with Crippen LogP contribution in [0.25, 0.3) is 0 Å². The molecule has 0 unspecified atom stereocenters. The lowest BCUT2D eigenvalue weighted by Crippen LogP contribution is -2.51. The largest absolute Gasteiger partial charge is 0.466 e. The average Bonchev–Trinajstić information content (AvgIpc) is 2.43. The molecule has 1 saturated heterocycles. The van der Waals surface area contributed by atoms with Gasteiger partial charge in [-0.3, -0.25) is 4.79 Å². The molecule has 0 N–H and O–H groups in total. The normalized spacial score (nSPS) is 22.3. The van der Waals surface area contributed by atoms with Crippen molar-refractivity contribution in [2.24, 2.45) is 5.92 Å². The Labute approximate surface area is 131 Å². The standard InChI is InChI=1S/C15H27NO6/c1-6-20-13(17)11-7-8-16(9-12(11)21-10-19-5)14(18)22-15(2,3)4/h11-12H,6-10H2,1-5H3/t11-,12-/m0/s1. The number of hydrogen-bond donors (Lipinski definition) is 0. The summed E-state index contributed by atoms with van der Waals surface area (Å²) < 4.78 is 20.9. The molecule has 1 aliphatic rings. The summed E-state index contributed by atoms with van der Waals surface area (Å²) in [6.45, 7) is 8.30. The summed E-state index contributed by atoms with van der Waals surface area (Å²) in [4.78, 5) is 25.7. The first-order valence-corrected chi connectivity index (χ1v) is 7.53. The zero-order chi connectivity index (χ0) is 16.8. The molecule has 2 atom stereocenters. The smallest absolute Gasteiger partial charge is 0.410 e. The van der Waals surface area contributed by atoms with Gasteiger partial charge in [0.05, 0.1) is 25.2 Å². The molecular weight excluding hydrogens is 290 g/mol. The van der Waals surface area contributed by atoms with E-state index in [1.54, 1.807) is 11.8 Å². The predicted octanol–water partition coefficient (Wildman–Crippen LogP) is 1.80. The molecule has 1 heterocycles. The molecule has 7 heteroatoms. The molecule has 1 aliphatic heterocycles. The molecule has 0 aliphatic carbocycles. The number of hydrogen-bond acceptors (Lipinski definition) is 6. The van der Waals surface area contributed by atoms with Gasteiger partial charge in [0, 0.05) is 13.7 Å². The van der Waals surface area contributed by atoms with E-state index in [0.29, 0.717) is 19.6 Å². The summed E-state index contributed by atoms with van der Waals surface area (Å²) in [5.41, 5.74) is -0.558. The van der Waals surface area contributed by atoms with Crippen LogP contribution in [-0.4, -0.2) is 62.3 Å². The summed E-state index contributed by atoms with van der Waals surface area (Å²) in [6, 6.07) is 0. The zero-order valence-electron chi connectivity index (χ0n) is 14.1. The molecule has 0 aromatic heterocycles. The van der Waals surface area contributed by atoms with Gasteiger partial charge in [0.25, 0.3) is 0 Å². The fourth-order valence-corrected chi connectivity index (χ4v) is 2.25. The van der Waals surface area contributed by atoms with Gasteiger partial charge in [0.1, 0.15) is 12.4 Å². The van der Waals surface area contributed by atoms with Crippen LogP contribution in [-0.2, 0) is 23.7 Å². The van der Waals surface area contributed by atoms with Crippen molar-refractivity contribution < 1.29 is 28.5 Å². The van der Waals surface area contributed by atoms with E-state index in [4.69, 9.17) is 18.9 Å². The van der Waals surface area contributed by atoms with Crippen LogP contribution in [0.15, 0.2) is 0 Å². The summed E-state index contributed by atoms with van der Waals surface area (Å²) >= 11 is 0. The second kappa shape index (κ2) is 8.33. The van der Waals surface area contributed by atoms with Crippen molar-refractivity contribution in [2.75, 3.05) is 33.6 Å². The van der Waals surface area contributed by atoms with Gasteiger partial charge in [-0.25, -0.2) is 4.79 Å². The minimum absolute atomic E-state index is 0.0583. The third-order valence-corrected chi connectivity index (χ3v) is 3.20. The molecule has 0 spiro atoms. The van der Waals surface area contributed by atoms with E-state index in [1.807, 2.05) is 20.8 Å². The Morgan fingerprint density at radius 2 is 1.95 bits per heavy atom. The number of carbonyl (C=O) groups is 2. The Kier molecular flexibility index (Phi) is 7.09. The Balaban J connectivity index is 2.70. The van der Waals surface area contributed by atoms with E-state index in [9.17, 15) is 9.59 Å². The molecule has 1 amide bonds. The van der Waals surface area contributed by atoms with Crippen LogP contribution < -0.4 is 0 Å². The maximum Gasteiger partial charge on any atom is 0.410 e. The lowest BCUT2D eigenvalue weighted by molar-refractivity contribution is -0.164. The van der Waals surface area contributed by atoms with Crippen LogP contribution in [0.1, 0.15) is 34.1 Å². The number of piperidine rings is 1. The topological polar surface area (TPSA) is 74.3 Å². The molecule has 1 fully saturated rings. The second-order valence-electron chi connectivity index (χ2n) is 6.19. The van der Waals surface area contributed by atoms with Crippen molar-refractivity contribution in [3.05, 3.63) is 0 Å². The Morgan fingerprint density at radius 3 is 2.50 bits per heavy atom. The van der Waals surface area contributed by atoms with Crippen LogP contribution in [0.3, 0.4) is 0 Å². The van der Waals surface area contributed by atoms with E-state index in [1.165, 1.54) is 7.11 Å². The Hall–Kier alpha value is -1.34. The maximum atomic E-state index is 12.1. The predicted molar refractivity (Wildman–Crippen MR) is 79.3 cm³/mol. The SMILES string of the molecule is CCOC(=O)[C@H]1CCN(C(=O)OC(C)(C)C)C[C@@H]1OCOC. The van der Waals surface area contributed by atoms with Crippen LogP contribution in [0.5, 0.6) is 0 Å². The number of nitrogens with zero attached hydrogens (tertiary/aromatic N) is 1. The molecule has 22 heavy (non-hydrogen) atoms. The first-order chi connectivity index (χ1) is 10.3. The van der Waals surface area contributed by atoms with E-state index >= 15 is 0 Å². The number of carbonyl (C=O) groups excluding carboxylic acids is 2. The highest BCUT2D eigenvalue weighted by molar-refractivity contribution is 5.74. The highest BCUT2D eigenvalue weighted by atomic mass is 16.7. The molecular formula is C15H27NO6. The fraction of sp³-hybridized carbons (Fsp3) is 0.867. The van der Waals surface area contributed by atoms with Crippen molar-refractivity contribution in [1.82, 2.24) is 4.90 Å². The Bertz CT molecular complexity index is 379. The van der Waals surface area contributed by atoms with Crippen LogP contribution >= 0.6 is 0 Å². The fourth-order valence-electron chi connectivity index (χ4n) is 2.25. The molecule has 7 nitrogen and oxygen atoms in total. The van der Waals surface area contributed by atoms with E-state index in [-0.39, 0.29) is 19.3 Å². The molecule has 0 bridgehead atoms. The third kappa shape index (κ3) is 5.81. The number of esters is 1. The van der Waals surface area contributed by atoms with Crippen molar-refractivity contribution in [1.29, 1.82) is 0 Å². The van der Waals surface area contributed by atoms with E-state index in [2.05, 4.69) is 0 Å². The molecule has 0 saturated carbocycles. The maximum absolute atomic E-state index is 12.1. The van der Waals surface area contributed by atoms with Gasteiger partial charge >= 0.3 is 12.1 Å². The molecule has 1 rings (SSSR count). The van der Waals surface area contributed by atoms with Crippen LogP contribution in [0, 0.1) is 5.92 Å². The lowest BCUT2D eigenvalue weighted by Gasteiger charge is -2.37. The van der Waals surface area contributed by atoms with Gasteiger partial charge in [0.2, 0.25) is 0 Å². The number of rotatable bonds is 5. The van der Waals surface area contributed by atoms with Crippen molar-refractivity contribution >= 4 is 12.1 Å². The summed E-state index contributed by atoms with van der Waals surface area (Å²) in [7, 11) is 1.51. The number of amides is 1. The van der Waals surface area contributed by atoms with Gasteiger partial charge in [-0.2, -0.15) is 0 Å². The minimum atomic E-state index is -0.558. The number of methoxy groups -OCH3 is 1. The van der Waals surface area contributed by atoms with Gasteiger partial charge in [0.15, 0.2) is 0 Å². The van der Waals surface area contributed by atoms with Gasteiger partial charge in [-0.05, 0) is 34.1 Å². The first-order valence-electron chi connectivity index (χ1n) is 7.53. The van der Waals surface area contributed by atoms with Crippen molar-refractivity contribution in [2.45, 2.75) is 45.8 Å². The third-order valence-electron chi connectivity index (χ3n) is 3.20. The summed E-state index contributed by atoms with van der Waals surface area (Å²) in [6.07, 6.45) is -0.381. The summed E-state index contributed by atoms with van der Waals surface area (Å²) in [5.74, 6) is -0.693. The molecule has 0 aromatic rings. The first kappa shape index (κ1) is 18.7. The molecule has 0 radical (unpaired) electrons. The second-order valence-corrected chi connectivity index (χ2v) is 6.19. The molecule has 0 aromatic carbocycles. The molecule has 128 valence electrons. The van der Waals surface area contributed by atoms with Gasteiger partial charge in [-0.15, -0.1) is 0 Å². The van der Waals surface area contributed by atoms with E-state index in [0.717, 1.165) is 0 Å². The van der Waals surface area contributed by atoms with Crippen LogP contribution in [0.4, 0.5) is 4.79 Å². The average molecular weight is 317 g/mol. The number of likely N-dealkylation sites (tertiary alicyclic amines) is 1. The summed E-state index contributed by atoms with van der Waals surface area (Å²) in [5, 5.41) is 0. The lowest BCUT2D eigenvalue weighted by atomic mass is 9.94. The highest BCUT2D eigenvalue weighted by Gasteiger charge is 2.38. The zero-order valence-corrected chi connectivity index (χ0v) is 14.1. The van der Waals surface area contributed by atoms with Gasteiger partial charge < -0.3 is 23.8 Å². The Morgan fingerprint density at radius 1 is 1.27 bits per heavy atom. The monoisotopic (exact) mass is 317 g/mol. The van der Waals surface area contributed by atoms with E-state index < -0.39 is 23.7 Å². The highest BCUT2D eigenvalue weighted by Crippen LogP contribution is 2.23. The van der Waals surface area contributed by atoms with Crippen LogP contribution in [0.2, 0.25) is 0 Å². The van der Waals surface area contributed by atoms with Gasteiger partial charge in [-0.1, -0.05) is 0 Å². The quantitative estimate of drug-likeness (QED) is 0.568.